The second-order valence-electron chi connectivity index (χ2n) is 7.10. The highest BCUT2D eigenvalue weighted by atomic mass is 16.5. The van der Waals surface area contributed by atoms with Gasteiger partial charge in [-0.3, -0.25) is 9.59 Å². The van der Waals surface area contributed by atoms with Crippen LogP contribution in [0.5, 0.6) is 5.75 Å². The monoisotopic (exact) mass is 359 g/mol. The van der Waals surface area contributed by atoms with Crippen molar-refractivity contribution in [3.05, 3.63) is 29.8 Å². The van der Waals surface area contributed by atoms with Crippen molar-refractivity contribution in [2.75, 3.05) is 52.9 Å². The molecule has 0 N–H and O–H groups in total. The zero-order valence-corrected chi connectivity index (χ0v) is 15.8. The number of carbonyl (C=O) groups excluding carboxylic acids is 2. The van der Waals surface area contributed by atoms with Gasteiger partial charge in [-0.25, -0.2) is 0 Å². The summed E-state index contributed by atoms with van der Waals surface area (Å²) in [6, 6.07) is 7.91. The molecule has 2 heterocycles. The fraction of sp³-hybridized carbons (Fsp3) is 0.600. The Balaban J connectivity index is 1.51. The van der Waals surface area contributed by atoms with E-state index in [1.165, 1.54) is 0 Å². The molecule has 2 saturated heterocycles. The van der Waals surface area contributed by atoms with Gasteiger partial charge in [0, 0.05) is 45.7 Å². The van der Waals surface area contributed by atoms with Crippen molar-refractivity contribution in [1.82, 2.24) is 14.7 Å². The molecule has 0 saturated carbocycles. The number of benzene rings is 1. The summed E-state index contributed by atoms with van der Waals surface area (Å²) in [5, 5.41) is 0. The minimum Gasteiger partial charge on any atom is -0.497 e. The highest BCUT2D eigenvalue weighted by molar-refractivity contribution is 5.89. The Morgan fingerprint density at radius 2 is 2.00 bits per heavy atom. The zero-order valence-electron chi connectivity index (χ0n) is 15.8. The van der Waals surface area contributed by atoms with Crippen LogP contribution < -0.4 is 4.74 Å². The third-order valence-corrected chi connectivity index (χ3v) is 5.50. The van der Waals surface area contributed by atoms with Crippen LogP contribution >= 0.6 is 0 Å². The minimum absolute atomic E-state index is 0.0958. The molecule has 2 fully saturated rings. The number of amides is 2. The molecule has 0 aliphatic carbocycles. The molecule has 6 nitrogen and oxygen atoms in total. The minimum atomic E-state index is -0.180. The van der Waals surface area contributed by atoms with E-state index in [-0.39, 0.29) is 17.7 Å². The number of hydrogen-bond acceptors (Lipinski definition) is 4. The molecule has 0 spiro atoms. The van der Waals surface area contributed by atoms with E-state index in [0.717, 1.165) is 50.5 Å². The van der Waals surface area contributed by atoms with Gasteiger partial charge >= 0.3 is 0 Å². The molecule has 26 heavy (non-hydrogen) atoms. The number of rotatable bonds is 6. The summed E-state index contributed by atoms with van der Waals surface area (Å²) in [7, 11) is 1.65. The molecule has 1 aromatic carbocycles. The van der Waals surface area contributed by atoms with Crippen molar-refractivity contribution in [1.29, 1.82) is 0 Å². The molecule has 0 radical (unpaired) electrons. The van der Waals surface area contributed by atoms with Crippen LogP contribution in [0, 0.1) is 5.92 Å². The summed E-state index contributed by atoms with van der Waals surface area (Å²) in [4.78, 5) is 31.2. The van der Waals surface area contributed by atoms with E-state index in [9.17, 15) is 9.59 Å². The van der Waals surface area contributed by atoms with Gasteiger partial charge in [0.1, 0.15) is 5.75 Å². The smallest absolute Gasteiger partial charge is 0.228 e. The van der Waals surface area contributed by atoms with E-state index < -0.39 is 0 Å². The number of likely N-dealkylation sites (tertiary alicyclic amines) is 1. The highest BCUT2D eigenvalue weighted by Gasteiger charge is 2.36. The number of hydrogen-bond donors (Lipinski definition) is 0. The number of carbonyl (C=O) groups is 2. The van der Waals surface area contributed by atoms with Crippen molar-refractivity contribution in [3.63, 3.8) is 0 Å². The van der Waals surface area contributed by atoms with Gasteiger partial charge in [0.05, 0.1) is 13.0 Å². The van der Waals surface area contributed by atoms with E-state index in [2.05, 4.69) is 11.8 Å². The normalized spacial score (nSPS) is 21.3. The predicted molar refractivity (Wildman–Crippen MR) is 100 cm³/mol. The Kier molecular flexibility index (Phi) is 6.14. The van der Waals surface area contributed by atoms with Crippen LogP contribution in [-0.2, 0) is 16.0 Å². The Morgan fingerprint density at radius 3 is 2.69 bits per heavy atom. The van der Waals surface area contributed by atoms with Crippen LogP contribution in [0.1, 0.15) is 18.9 Å². The summed E-state index contributed by atoms with van der Waals surface area (Å²) >= 11 is 0. The molecule has 2 aliphatic rings. The van der Waals surface area contributed by atoms with Crippen molar-refractivity contribution in [3.8, 4) is 5.75 Å². The second kappa shape index (κ2) is 8.54. The number of methoxy groups -OCH3 is 1. The van der Waals surface area contributed by atoms with Gasteiger partial charge in [-0.05, 0) is 30.7 Å². The molecule has 142 valence electrons. The maximum atomic E-state index is 12.8. The molecule has 3 rings (SSSR count). The number of piperazine rings is 1. The Labute approximate surface area is 155 Å². The maximum Gasteiger partial charge on any atom is 0.228 e. The summed E-state index contributed by atoms with van der Waals surface area (Å²) in [5.74, 6) is 0.895. The Morgan fingerprint density at radius 1 is 1.23 bits per heavy atom. The zero-order chi connectivity index (χ0) is 18.5. The van der Waals surface area contributed by atoms with E-state index in [0.29, 0.717) is 19.5 Å². The molecule has 0 aromatic heterocycles. The molecule has 6 heteroatoms. The van der Waals surface area contributed by atoms with Crippen molar-refractivity contribution in [2.45, 2.75) is 19.8 Å². The third kappa shape index (κ3) is 4.36. The first kappa shape index (κ1) is 18.7. The predicted octanol–water partition coefficient (Wildman–Crippen LogP) is 1.25. The van der Waals surface area contributed by atoms with Gasteiger partial charge in [-0.2, -0.15) is 0 Å². The van der Waals surface area contributed by atoms with Gasteiger partial charge in [-0.15, -0.1) is 0 Å². The van der Waals surface area contributed by atoms with Gasteiger partial charge in [0.15, 0.2) is 0 Å². The third-order valence-electron chi connectivity index (χ3n) is 5.50. The van der Waals surface area contributed by atoms with Crippen molar-refractivity contribution in [2.24, 2.45) is 5.92 Å². The maximum absolute atomic E-state index is 12.8. The Bertz CT molecular complexity index is 641. The number of ether oxygens (including phenoxy) is 1. The summed E-state index contributed by atoms with van der Waals surface area (Å²) in [6.45, 7) is 7.80. The van der Waals surface area contributed by atoms with Gasteiger partial charge in [0.2, 0.25) is 11.8 Å². The van der Waals surface area contributed by atoms with Crippen LogP contribution in [0.15, 0.2) is 24.3 Å². The molecule has 2 amide bonds. The topological polar surface area (TPSA) is 53.1 Å². The fourth-order valence-corrected chi connectivity index (χ4v) is 3.79. The SMILES string of the molecule is CCN1CCN(C(=O)C2CC(=O)N(CCc3cccc(OC)c3)C2)CC1. The lowest BCUT2D eigenvalue weighted by Gasteiger charge is -2.35. The van der Waals surface area contributed by atoms with Crippen LogP contribution in [0.25, 0.3) is 0 Å². The van der Waals surface area contributed by atoms with E-state index in [4.69, 9.17) is 4.74 Å². The quantitative estimate of drug-likeness (QED) is 0.767. The number of likely N-dealkylation sites (N-methyl/N-ethyl adjacent to an activating group) is 1. The van der Waals surface area contributed by atoms with Gasteiger partial charge < -0.3 is 19.4 Å². The highest BCUT2D eigenvalue weighted by Crippen LogP contribution is 2.22. The van der Waals surface area contributed by atoms with Crippen LogP contribution in [0.3, 0.4) is 0 Å². The summed E-state index contributed by atoms with van der Waals surface area (Å²) < 4.78 is 5.24. The molecule has 2 aliphatic heterocycles. The van der Waals surface area contributed by atoms with E-state index in [1.54, 1.807) is 7.11 Å². The lowest BCUT2D eigenvalue weighted by molar-refractivity contribution is -0.137. The molecule has 1 aromatic rings. The molecule has 1 unspecified atom stereocenters. The molecular weight excluding hydrogens is 330 g/mol. The van der Waals surface area contributed by atoms with Crippen LogP contribution in [0.4, 0.5) is 0 Å². The number of nitrogens with zero attached hydrogens (tertiary/aromatic N) is 3. The Hall–Kier alpha value is -2.08. The largest absolute Gasteiger partial charge is 0.497 e. The van der Waals surface area contributed by atoms with Crippen molar-refractivity contribution >= 4 is 11.8 Å². The summed E-state index contributed by atoms with van der Waals surface area (Å²) in [6.07, 6.45) is 1.13. The first-order chi connectivity index (χ1) is 12.6. The van der Waals surface area contributed by atoms with Gasteiger partial charge in [-0.1, -0.05) is 19.1 Å². The molecule has 0 bridgehead atoms. The fourth-order valence-electron chi connectivity index (χ4n) is 3.79. The van der Waals surface area contributed by atoms with Crippen LogP contribution in [0.2, 0.25) is 0 Å². The lowest BCUT2D eigenvalue weighted by atomic mass is 10.1. The molecular formula is C20H29N3O3. The molecule has 1 atom stereocenters. The van der Waals surface area contributed by atoms with Crippen LogP contribution in [-0.4, -0.2) is 79.4 Å². The first-order valence-corrected chi connectivity index (χ1v) is 9.52. The second-order valence-corrected chi connectivity index (χ2v) is 7.10. The average molecular weight is 359 g/mol. The van der Waals surface area contributed by atoms with Crippen molar-refractivity contribution < 1.29 is 14.3 Å². The van der Waals surface area contributed by atoms with E-state index >= 15 is 0 Å². The lowest BCUT2D eigenvalue weighted by Crippen LogP contribution is -2.50. The van der Waals surface area contributed by atoms with E-state index in [1.807, 2.05) is 34.1 Å². The summed E-state index contributed by atoms with van der Waals surface area (Å²) in [5.41, 5.74) is 1.14. The average Bonchev–Trinajstić information content (AvgIpc) is 3.06. The first-order valence-electron chi connectivity index (χ1n) is 9.52. The standard InChI is InChI=1S/C20H29N3O3/c1-3-21-9-11-22(12-10-21)20(25)17-14-19(24)23(15-17)8-7-16-5-4-6-18(13-16)26-2/h4-6,13,17H,3,7-12,14-15H2,1-2H3. The van der Waals surface area contributed by atoms with Gasteiger partial charge in [0.25, 0.3) is 0 Å².